The lowest BCUT2D eigenvalue weighted by molar-refractivity contribution is -0.120. The number of hydrogen-bond acceptors (Lipinski definition) is 8. The van der Waals surface area contributed by atoms with Gasteiger partial charge in [-0.25, -0.2) is 4.98 Å². The Balaban J connectivity index is 1.12. The van der Waals surface area contributed by atoms with E-state index in [0.717, 1.165) is 27.7 Å². The Hall–Kier alpha value is -4.18. The van der Waals surface area contributed by atoms with E-state index in [0.29, 0.717) is 30.5 Å². The van der Waals surface area contributed by atoms with E-state index in [1.807, 2.05) is 53.2 Å². The number of carbonyl (C=O) groups excluding carboxylic acids is 1. The lowest BCUT2D eigenvalue weighted by atomic mass is 10.1. The van der Waals surface area contributed by atoms with E-state index in [1.165, 1.54) is 11.3 Å². The van der Waals surface area contributed by atoms with Crippen LogP contribution in [0.1, 0.15) is 12.6 Å². The molecule has 1 N–H and O–H groups in total. The van der Waals surface area contributed by atoms with E-state index in [-0.39, 0.29) is 18.9 Å². The summed E-state index contributed by atoms with van der Waals surface area (Å²) < 4.78 is 18.3. The van der Waals surface area contributed by atoms with E-state index in [1.54, 1.807) is 24.5 Å². The fourth-order valence-electron chi connectivity index (χ4n) is 3.51. The van der Waals surface area contributed by atoms with Gasteiger partial charge in [0.25, 0.3) is 0 Å². The maximum Gasteiger partial charge on any atom is 0.233 e. The molecule has 0 atom stereocenters. The number of ether oxygens (including phenoxy) is 2. The molecule has 0 unspecified atom stereocenters. The normalized spacial score (nSPS) is 11.0. The smallest absolute Gasteiger partial charge is 0.233 e. The maximum atomic E-state index is 12.5. The van der Waals surface area contributed by atoms with Crippen molar-refractivity contribution in [2.45, 2.75) is 13.3 Å². The summed E-state index contributed by atoms with van der Waals surface area (Å²) in [5, 5.41) is 12.9. The van der Waals surface area contributed by atoms with Crippen molar-refractivity contribution in [3.8, 4) is 34.3 Å². The molecule has 10 heteroatoms. The Bertz CT molecular complexity index is 1390. The highest BCUT2D eigenvalue weighted by atomic mass is 32.1. The van der Waals surface area contributed by atoms with Crippen LogP contribution in [0.5, 0.6) is 11.6 Å². The molecule has 0 aliphatic heterocycles. The van der Waals surface area contributed by atoms with Crippen molar-refractivity contribution >= 4 is 22.2 Å². The third-order valence-corrected chi connectivity index (χ3v) is 6.06. The molecule has 0 aliphatic carbocycles. The van der Waals surface area contributed by atoms with Gasteiger partial charge in [0.2, 0.25) is 11.8 Å². The molecule has 4 aromatic heterocycles. The van der Waals surface area contributed by atoms with E-state index < -0.39 is 0 Å². The second kappa shape index (κ2) is 10.4. The standard InChI is InChI=1S/C25H23N5O4S/c1-2-32-19-7-5-17(6-8-19)21-15-30-18(16-35-25(30)27-21)14-23(31)26-11-13-34-24-10-9-20(28-29-24)22-4-3-12-33-22/h3-10,12,15-16H,2,11,13-14H2,1H3,(H,26,31). The van der Waals surface area contributed by atoms with Crippen molar-refractivity contribution in [1.29, 1.82) is 0 Å². The number of fused-ring (bicyclic) bond motifs is 1. The Morgan fingerprint density at radius 3 is 2.71 bits per heavy atom. The molecule has 0 bridgehead atoms. The SMILES string of the molecule is CCOc1ccc(-c2cn3c(CC(=O)NCCOc4ccc(-c5ccco5)nn4)csc3n2)cc1. The van der Waals surface area contributed by atoms with Gasteiger partial charge >= 0.3 is 0 Å². The van der Waals surface area contributed by atoms with Gasteiger partial charge in [0, 0.05) is 28.9 Å². The van der Waals surface area contributed by atoms with Crippen molar-refractivity contribution in [2.75, 3.05) is 19.8 Å². The van der Waals surface area contributed by atoms with Gasteiger partial charge in [-0.3, -0.25) is 9.20 Å². The zero-order chi connectivity index (χ0) is 24.0. The van der Waals surface area contributed by atoms with Gasteiger partial charge in [0.1, 0.15) is 18.1 Å². The molecule has 4 heterocycles. The number of nitrogens with zero attached hydrogens (tertiary/aromatic N) is 4. The van der Waals surface area contributed by atoms with Crippen LogP contribution in [-0.2, 0) is 11.2 Å². The first-order valence-electron chi connectivity index (χ1n) is 11.2. The predicted molar refractivity (Wildman–Crippen MR) is 132 cm³/mol. The number of benzene rings is 1. The monoisotopic (exact) mass is 489 g/mol. The molecule has 9 nitrogen and oxygen atoms in total. The predicted octanol–water partition coefficient (Wildman–Crippen LogP) is 4.25. The highest BCUT2D eigenvalue weighted by Gasteiger charge is 2.13. The number of imidazole rings is 1. The summed E-state index contributed by atoms with van der Waals surface area (Å²) in [6.45, 7) is 3.23. The van der Waals surface area contributed by atoms with Gasteiger partial charge in [0.15, 0.2) is 10.7 Å². The van der Waals surface area contributed by atoms with Crippen molar-refractivity contribution in [2.24, 2.45) is 0 Å². The Labute approximate surface area is 205 Å². The Morgan fingerprint density at radius 1 is 1.09 bits per heavy atom. The molecule has 0 radical (unpaired) electrons. The summed E-state index contributed by atoms with van der Waals surface area (Å²) in [5.41, 5.74) is 3.36. The quantitative estimate of drug-likeness (QED) is 0.293. The number of rotatable bonds is 10. The van der Waals surface area contributed by atoms with Crippen LogP contribution < -0.4 is 14.8 Å². The zero-order valence-electron chi connectivity index (χ0n) is 19.0. The molecule has 5 aromatic rings. The minimum absolute atomic E-state index is 0.0936. The minimum Gasteiger partial charge on any atom is -0.494 e. The van der Waals surface area contributed by atoms with Crippen molar-refractivity contribution in [3.63, 3.8) is 0 Å². The molecule has 178 valence electrons. The molecule has 0 saturated carbocycles. The first-order chi connectivity index (χ1) is 17.2. The van der Waals surface area contributed by atoms with Crippen LogP contribution in [0.25, 0.3) is 27.7 Å². The van der Waals surface area contributed by atoms with Crippen LogP contribution in [0, 0.1) is 0 Å². The molecule has 0 aliphatic rings. The molecule has 0 fully saturated rings. The number of thiazole rings is 1. The number of carbonyl (C=O) groups is 1. The molecule has 1 amide bonds. The zero-order valence-corrected chi connectivity index (χ0v) is 19.8. The molecular formula is C25H23N5O4S. The highest BCUT2D eigenvalue weighted by molar-refractivity contribution is 7.15. The first-order valence-corrected chi connectivity index (χ1v) is 12.0. The van der Waals surface area contributed by atoms with Gasteiger partial charge in [-0.2, -0.15) is 0 Å². The summed E-state index contributed by atoms with van der Waals surface area (Å²) in [4.78, 5) is 18.0. The lowest BCUT2D eigenvalue weighted by Crippen LogP contribution is -2.29. The molecule has 1 aromatic carbocycles. The van der Waals surface area contributed by atoms with Crippen molar-refractivity contribution in [3.05, 3.63) is 72.1 Å². The van der Waals surface area contributed by atoms with Crippen LogP contribution in [0.4, 0.5) is 0 Å². The summed E-state index contributed by atoms with van der Waals surface area (Å²) in [6.07, 6.45) is 3.79. The second-order valence-corrected chi connectivity index (χ2v) is 8.41. The van der Waals surface area contributed by atoms with Crippen LogP contribution in [-0.4, -0.2) is 45.2 Å². The first kappa shape index (κ1) is 22.6. The summed E-state index contributed by atoms with van der Waals surface area (Å²) in [7, 11) is 0. The largest absolute Gasteiger partial charge is 0.494 e. The molecule has 35 heavy (non-hydrogen) atoms. The van der Waals surface area contributed by atoms with Gasteiger partial charge in [-0.1, -0.05) is 0 Å². The average molecular weight is 490 g/mol. The number of furan rings is 1. The molecule has 0 spiro atoms. The Kier molecular flexibility index (Phi) is 6.71. The average Bonchev–Trinajstić information content (AvgIpc) is 3.62. The maximum absolute atomic E-state index is 12.5. The minimum atomic E-state index is -0.0936. The number of hydrogen-bond donors (Lipinski definition) is 1. The van der Waals surface area contributed by atoms with Crippen LogP contribution in [0.15, 0.2) is 70.8 Å². The fraction of sp³-hybridized carbons (Fsp3) is 0.200. The number of nitrogens with one attached hydrogen (secondary N) is 1. The molecular weight excluding hydrogens is 466 g/mol. The molecule has 5 rings (SSSR count). The number of amides is 1. The summed E-state index contributed by atoms with van der Waals surface area (Å²) in [6, 6.07) is 14.9. The fourth-order valence-corrected chi connectivity index (χ4v) is 4.38. The summed E-state index contributed by atoms with van der Waals surface area (Å²) >= 11 is 1.51. The highest BCUT2D eigenvalue weighted by Crippen LogP contribution is 2.25. The van der Waals surface area contributed by atoms with Gasteiger partial charge in [0.05, 0.1) is 31.5 Å². The van der Waals surface area contributed by atoms with Crippen LogP contribution >= 0.6 is 11.3 Å². The lowest BCUT2D eigenvalue weighted by Gasteiger charge is -2.07. The Morgan fingerprint density at radius 2 is 1.97 bits per heavy atom. The van der Waals surface area contributed by atoms with Crippen molar-refractivity contribution < 1.29 is 18.7 Å². The van der Waals surface area contributed by atoms with E-state index >= 15 is 0 Å². The molecule has 0 saturated heterocycles. The third-order valence-electron chi connectivity index (χ3n) is 5.17. The summed E-state index contributed by atoms with van der Waals surface area (Å²) in [5.74, 6) is 1.76. The van der Waals surface area contributed by atoms with Crippen LogP contribution in [0.3, 0.4) is 0 Å². The van der Waals surface area contributed by atoms with Crippen LogP contribution in [0.2, 0.25) is 0 Å². The number of aromatic nitrogens is 4. The third kappa shape index (κ3) is 5.33. The van der Waals surface area contributed by atoms with E-state index in [9.17, 15) is 4.79 Å². The van der Waals surface area contributed by atoms with E-state index in [2.05, 4.69) is 20.5 Å². The van der Waals surface area contributed by atoms with Gasteiger partial charge < -0.3 is 19.2 Å². The topological polar surface area (TPSA) is 104 Å². The second-order valence-electron chi connectivity index (χ2n) is 7.57. The van der Waals surface area contributed by atoms with Crippen molar-refractivity contribution in [1.82, 2.24) is 24.9 Å². The van der Waals surface area contributed by atoms with E-state index in [4.69, 9.17) is 13.9 Å². The van der Waals surface area contributed by atoms with Gasteiger partial charge in [-0.15, -0.1) is 21.5 Å². The van der Waals surface area contributed by atoms with Gasteiger partial charge in [-0.05, 0) is 49.4 Å².